The molecule has 84 valence electrons. The Labute approximate surface area is 82.2 Å². The fourth-order valence-electron chi connectivity index (χ4n) is 0.714. The zero-order valence-electron chi connectivity index (χ0n) is 7.67. The Morgan fingerprint density at radius 2 is 2.20 bits per heavy atom. The standard InChI is InChI=1S/C7H7F3N2O3/c1-4(13)6-11-5(12-15-6)2-14-3-7(8,9)10/h2-3H2,1H3. The van der Waals surface area contributed by atoms with Gasteiger partial charge in [-0.1, -0.05) is 5.16 Å². The van der Waals surface area contributed by atoms with E-state index in [1.54, 1.807) is 0 Å². The van der Waals surface area contributed by atoms with Gasteiger partial charge < -0.3 is 9.26 Å². The first-order chi connectivity index (χ1) is 6.88. The molecule has 1 rings (SSSR count). The van der Waals surface area contributed by atoms with Gasteiger partial charge in [-0.05, 0) is 0 Å². The van der Waals surface area contributed by atoms with Crippen LogP contribution in [0.3, 0.4) is 0 Å². The minimum Gasteiger partial charge on any atom is -0.364 e. The number of ketones is 1. The van der Waals surface area contributed by atoms with Crippen molar-refractivity contribution in [3.63, 3.8) is 0 Å². The minimum absolute atomic E-state index is 0.0931. The molecule has 0 spiro atoms. The first kappa shape index (κ1) is 11.6. The van der Waals surface area contributed by atoms with Gasteiger partial charge in [0.2, 0.25) is 5.78 Å². The molecule has 0 saturated heterocycles. The quantitative estimate of drug-likeness (QED) is 0.722. The molecule has 0 bridgehead atoms. The molecular formula is C7H7F3N2O3. The maximum Gasteiger partial charge on any atom is 0.411 e. The lowest BCUT2D eigenvalue weighted by Gasteiger charge is -2.04. The number of aromatic nitrogens is 2. The molecule has 0 saturated carbocycles. The van der Waals surface area contributed by atoms with Gasteiger partial charge in [-0.25, -0.2) is 0 Å². The second kappa shape index (κ2) is 4.39. The van der Waals surface area contributed by atoms with E-state index in [0.717, 1.165) is 0 Å². The molecule has 5 nitrogen and oxygen atoms in total. The summed E-state index contributed by atoms with van der Waals surface area (Å²) in [6.07, 6.45) is -4.40. The summed E-state index contributed by atoms with van der Waals surface area (Å²) in [6.45, 7) is -0.638. The van der Waals surface area contributed by atoms with E-state index in [1.165, 1.54) is 6.92 Å². The molecule has 0 amide bonds. The number of carbonyl (C=O) groups is 1. The Bertz CT molecular complexity index is 347. The highest BCUT2D eigenvalue weighted by atomic mass is 19.4. The van der Waals surface area contributed by atoms with Crippen LogP contribution in [-0.2, 0) is 11.3 Å². The van der Waals surface area contributed by atoms with Crippen LogP contribution in [0.1, 0.15) is 23.4 Å². The number of ether oxygens (including phenoxy) is 1. The minimum atomic E-state index is -4.40. The van der Waals surface area contributed by atoms with Gasteiger partial charge in [0.25, 0.3) is 5.89 Å². The van der Waals surface area contributed by atoms with E-state index in [2.05, 4.69) is 19.4 Å². The zero-order valence-corrected chi connectivity index (χ0v) is 7.67. The van der Waals surface area contributed by atoms with Crippen LogP contribution in [0.4, 0.5) is 13.2 Å². The van der Waals surface area contributed by atoms with E-state index in [9.17, 15) is 18.0 Å². The first-order valence-corrected chi connectivity index (χ1v) is 3.86. The van der Waals surface area contributed by atoms with Crippen molar-refractivity contribution in [2.24, 2.45) is 0 Å². The molecule has 0 N–H and O–H groups in total. The van der Waals surface area contributed by atoms with Gasteiger partial charge in [-0.15, -0.1) is 0 Å². The molecule has 1 aromatic heterocycles. The summed E-state index contributed by atoms with van der Waals surface area (Å²) < 4.78 is 43.6. The number of hydrogen-bond acceptors (Lipinski definition) is 5. The van der Waals surface area contributed by atoms with Gasteiger partial charge in [0, 0.05) is 6.92 Å². The number of alkyl halides is 3. The predicted octanol–water partition coefficient (Wildman–Crippen LogP) is 1.35. The SMILES string of the molecule is CC(=O)c1nc(COCC(F)(F)F)no1. The highest BCUT2D eigenvalue weighted by Crippen LogP contribution is 2.15. The maximum atomic E-state index is 11.6. The van der Waals surface area contributed by atoms with Crippen molar-refractivity contribution in [2.45, 2.75) is 19.7 Å². The summed E-state index contributed by atoms with van der Waals surface area (Å²) in [5, 5.41) is 3.26. The van der Waals surface area contributed by atoms with Crippen molar-refractivity contribution >= 4 is 5.78 Å². The van der Waals surface area contributed by atoms with Crippen LogP contribution in [0.25, 0.3) is 0 Å². The molecule has 1 aromatic rings. The first-order valence-electron chi connectivity index (χ1n) is 3.86. The third kappa shape index (κ3) is 4.07. The number of Topliss-reactive ketones (excluding diaryl/α,β-unsaturated/α-hetero) is 1. The summed E-state index contributed by atoms with van der Waals surface area (Å²) in [5.74, 6) is -0.797. The molecule has 0 aliphatic heterocycles. The molecule has 0 unspecified atom stereocenters. The van der Waals surface area contributed by atoms with Gasteiger partial charge in [0.1, 0.15) is 13.2 Å². The highest BCUT2D eigenvalue weighted by molar-refractivity contribution is 5.89. The Morgan fingerprint density at radius 3 is 2.67 bits per heavy atom. The number of nitrogens with zero attached hydrogens (tertiary/aromatic N) is 2. The Hall–Kier alpha value is -1.44. The lowest BCUT2D eigenvalue weighted by molar-refractivity contribution is -0.177. The zero-order chi connectivity index (χ0) is 11.5. The van der Waals surface area contributed by atoms with Crippen molar-refractivity contribution in [1.29, 1.82) is 0 Å². The largest absolute Gasteiger partial charge is 0.411 e. The number of rotatable bonds is 4. The van der Waals surface area contributed by atoms with Crippen LogP contribution in [-0.4, -0.2) is 28.7 Å². The Balaban J connectivity index is 2.41. The summed E-state index contributed by atoms with van der Waals surface area (Å²) in [5.41, 5.74) is 0. The van der Waals surface area contributed by atoms with Crippen molar-refractivity contribution < 1.29 is 27.2 Å². The molecule has 0 aliphatic rings. The lowest BCUT2D eigenvalue weighted by atomic mass is 10.4. The highest BCUT2D eigenvalue weighted by Gasteiger charge is 2.27. The van der Waals surface area contributed by atoms with E-state index >= 15 is 0 Å². The Morgan fingerprint density at radius 1 is 1.53 bits per heavy atom. The van der Waals surface area contributed by atoms with E-state index < -0.39 is 25.2 Å². The number of hydrogen-bond donors (Lipinski definition) is 0. The maximum absolute atomic E-state index is 11.6. The Kier molecular flexibility index (Phi) is 3.40. The van der Waals surface area contributed by atoms with Gasteiger partial charge in [-0.2, -0.15) is 18.2 Å². The topological polar surface area (TPSA) is 65.2 Å². The molecule has 8 heteroatoms. The molecule has 0 atom stereocenters. The van der Waals surface area contributed by atoms with Crippen LogP contribution in [0.15, 0.2) is 4.52 Å². The van der Waals surface area contributed by atoms with Crippen molar-refractivity contribution in [2.75, 3.05) is 6.61 Å². The monoisotopic (exact) mass is 224 g/mol. The van der Waals surface area contributed by atoms with Crippen LogP contribution in [0, 0.1) is 0 Å². The molecular weight excluding hydrogens is 217 g/mol. The van der Waals surface area contributed by atoms with Crippen LogP contribution >= 0.6 is 0 Å². The summed E-state index contributed by atoms with van der Waals surface area (Å²) in [6, 6.07) is 0. The van der Waals surface area contributed by atoms with E-state index in [1.807, 2.05) is 0 Å². The summed E-state index contributed by atoms with van der Waals surface area (Å²) >= 11 is 0. The normalized spacial score (nSPS) is 11.7. The van der Waals surface area contributed by atoms with E-state index in [0.29, 0.717) is 0 Å². The third-order valence-corrected chi connectivity index (χ3v) is 1.27. The van der Waals surface area contributed by atoms with Gasteiger partial charge >= 0.3 is 6.18 Å². The number of carbonyl (C=O) groups excluding carboxylic acids is 1. The average molecular weight is 224 g/mol. The fourth-order valence-corrected chi connectivity index (χ4v) is 0.714. The van der Waals surface area contributed by atoms with Gasteiger partial charge in [0.15, 0.2) is 5.82 Å². The van der Waals surface area contributed by atoms with Crippen LogP contribution in [0.5, 0.6) is 0 Å². The lowest BCUT2D eigenvalue weighted by Crippen LogP contribution is -2.17. The van der Waals surface area contributed by atoms with Gasteiger partial charge in [-0.3, -0.25) is 4.79 Å². The predicted molar refractivity (Wildman–Crippen MR) is 40.0 cm³/mol. The molecule has 15 heavy (non-hydrogen) atoms. The van der Waals surface area contributed by atoms with Crippen molar-refractivity contribution in [3.8, 4) is 0 Å². The smallest absolute Gasteiger partial charge is 0.364 e. The average Bonchev–Trinajstić information content (AvgIpc) is 2.50. The van der Waals surface area contributed by atoms with Crippen molar-refractivity contribution in [1.82, 2.24) is 10.1 Å². The van der Waals surface area contributed by atoms with E-state index in [4.69, 9.17) is 0 Å². The molecule has 1 heterocycles. The van der Waals surface area contributed by atoms with Crippen molar-refractivity contribution in [3.05, 3.63) is 11.7 Å². The second-order valence-corrected chi connectivity index (χ2v) is 2.68. The summed E-state index contributed by atoms with van der Waals surface area (Å²) in [7, 11) is 0. The van der Waals surface area contributed by atoms with Crippen LogP contribution in [0.2, 0.25) is 0 Å². The molecule has 0 radical (unpaired) electrons. The molecule has 0 aromatic carbocycles. The van der Waals surface area contributed by atoms with Crippen LogP contribution < -0.4 is 0 Å². The van der Waals surface area contributed by atoms with E-state index in [-0.39, 0.29) is 11.7 Å². The fraction of sp³-hybridized carbons (Fsp3) is 0.571. The molecule has 0 aliphatic carbocycles. The molecule has 0 fully saturated rings. The summed E-state index contributed by atoms with van der Waals surface area (Å²) in [4.78, 5) is 14.2. The third-order valence-electron chi connectivity index (χ3n) is 1.27. The number of halogens is 3. The second-order valence-electron chi connectivity index (χ2n) is 2.68. The van der Waals surface area contributed by atoms with Gasteiger partial charge in [0.05, 0.1) is 0 Å².